The van der Waals surface area contributed by atoms with E-state index in [1.54, 1.807) is 21.9 Å². The lowest BCUT2D eigenvalue weighted by molar-refractivity contribution is -0.134. The molecular weight excluding hydrogens is 318 g/mol. The van der Waals surface area contributed by atoms with Crippen LogP contribution >= 0.6 is 12.4 Å². The molecule has 1 aliphatic rings. The molecule has 0 radical (unpaired) electrons. The molecule has 0 aromatic heterocycles. The van der Waals surface area contributed by atoms with Crippen molar-refractivity contribution in [3.8, 4) is 5.75 Å². The summed E-state index contributed by atoms with van der Waals surface area (Å²) >= 11 is 0. The minimum atomic E-state index is -0.440. The first kappa shape index (κ1) is 19.3. The van der Waals surface area contributed by atoms with Crippen LogP contribution in [0.2, 0.25) is 0 Å². The van der Waals surface area contributed by atoms with Crippen LogP contribution in [0.5, 0.6) is 5.75 Å². The number of phenolic OH excluding ortho intramolecular Hbond substituents is 1. The van der Waals surface area contributed by atoms with Crippen molar-refractivity contribution < 1.29 is 14.7 Å². The Labute approximate surface area is 142 Å². The van der Waals surface area contributed by atoms with E-state index in [0.717, 1.165) is 6.42 Å². The van der Waals surface area contributed by atoms with Crippen molar-refractivity contribution in [1.29, 1.82) is 0 Å². The van der Waals surface area contributed by atoms with E-state index in [0.29, 0.717) is 38.2 Å². The zero-order chi connectivity index (χ0) is 16.1. The molecule has 0 spiro atoms. The molecular formula is C16H24ClN3O3. The number of phenols is 1. The summed E-state index contributed by atoms with van der Waals surface area (Å²) in [6.45, 7) is 4.04. The zero-order valence-corrected chi connectivity index (χ0v) is 14.1. The molecule has 7 heteroatoms. The van der Waals surface area contributed by atoms with Gasteiger partial charge in [0.25, 0.3) is 5.91 Å². The van der Waals surface area contributed by atoms with E-state index in [2.05, 4.69) is 0 Å². The average Bonchev–Trinajstić information content (AvgIpc) is 2.54. The summed E-state index contributed by atoms with van der Waals surface area (Å²) < 4.78 is 0. The molecule has 1 aromatic carbocycles. The first-order valence-electron chi connectivity index (χ1n) is 7.65. The van der Waals surface area contributed by atoms with Crippen LogP contribution in [0, 0.1) is 0 Å². The van der Waals surface area contributed by atoms with Crippen molar-refractivity contribution >= 4 is 24.2 Å². The largest absolute Gasteiger partial charge is 0.508 e. The second-order valence-electron chi connectivity index (χ2n) is 5.56. The number of rotatable bonds is 4. The second kappa shape index (κ2) is 8.74. The monoisotopic (exact) mass is 341 g/mol. The Kier molecular flexibility index (Phi) is 7.32. The number of halogens is 1. The van der Waals surface area contributed by atoms with Crippen LogP contribution < -0.4 is 5.73 Å². The third-order valence-electron chi connectivity index (χ3n) is 3.91. The third-order valence-corrected chi connectivity index (χ3v) is 3.91. The number of aromatic hydroxyl groups is 1. The lowest BCUT2D eigenvalue weighted by Crippen LogP contribution is -2.54. The second-order valence-corrected chi connectivity index (χ2v) is 5.56. The van der Waals surface area contributed by atoms with Gasteiger partial charge in [-0.2, -0.15) is 0 Å². The fourth-order valence-corrected chi connectivity index (χ4v) is 2.59. The van der Waals surface area contributed by atoms with Gasteiger partial charge in [0.1, 0.15) is 5.75 Å². The Bertz CT molecular complexity index is 528. The van der Waals surface area contributed by atoms with Gasteiger partial charge in [-0.25, -0.2) is 0 Å². The molecule has 0 saturated carbocycles. The van der Waals surface area contributed by atoms with Crippen molar-refractivity contribution in [3.63, 3.8) is 0 Å². The van der Waals surface area contributed by atoms with Gasteiger partial charge in [-0.1, -0.05) is 13.3 Å². The van der Waals surface area contributed by atoms with Crippen LogP contribution in [0.3, 0.4) is 0 Å². The summed E-state index contributed by atoms with van der Waals surface area (Å²) in [6, 6.07) is 5.76. The Morgan fingerprint density at radius 1 is 1.13 bits per heavy atom. The number of carbonyl (C=O) groups is 2. The Hall–Kier alpha value is -1.79. The number of hydrogen-bond acceptors (Lipinski definition) is 4. The van der Waals surface area contributed by atoms with E-state index in [4.69, 9.17) is 5.73 Å². The van der Waals surface area contributed by atoms with Gasteiger partial charge < -0.3 is 20.6 Å². The minimum absolute atomic E-state index is 0. The number of carbonyl (C=O) groups excluding carboxylic acids is 2. The van der Waals surface area contributed by atoms with Gasteiger partial charge in [0.15, 0.2) is 0 Å². The molecule has 2 amide bonds. The van der Waals surface area contributed by atoms with Gasteiger partial charge in [-0.15, -0.1) is 12.4 Å². The smallest absolute Gasteiger partial charge is 0.253 e. The number of benzene rings is 1. The van der Waals surface area contributed by atoms with Gasteiger partial charge in [-0.05, 0) is 30.7 Å². The number of piperazine rings is 1. The van der Waals surface area contributed by atoms with Crippen LogP contribution in [-0.4, -0.2) is 58.9 Å². The molecule has 23 heavy (non-hydrogen) atoms. The summed E-state index contributed by atoms with van der Waals surface area (Å²) in [7, 11) is 0. The van der Waals surface area contributed by atoms with Crippen molar-refractivity contribution in [1.82, 2.24) is 9.80 Å². The molecule has 2 rings (SSSR count). The molecule has 1 unspecified atom stereocenters. The normalized spacial score (nSPS) is 15.7. The molecule has 1 heterocycles. The highest BCUT2D eigenvalue weighted by molar-refractivity contribution is 5.94. The molecule has 6 nitrogen and oxygen atoms in total. The van der Waals surface area contributed by atoms with E-state index in [9.17, 15) is 14.7 Å². The lowest BCUT2D eigenvalue weighted by atomic mass is 10.1. The van der Waals surface area contributed by atoms with Crippen LogP contribution in [-0.2, 0) is 4.79 Å². The van der Waals surface area contributed by atoms with Gasteiger partial charge in [-0.3, -0.25) is 9.59 Å². The predicted octanol–water partition coefficient (Wildman–Crippen LogP) is 1.23. The van der Waals surface area contributed by atoms with Crippen molar-refractivity contribution in [3.05, 3.63) is 29.8 Å². The fourth-order valence-electron chi connectivity index (χ4n) is 2.59. The first-order chi connectivity index (χ1) is 10.5. The molecule has 3 N–H and O–H groups in total. The molecule has 1 aliphatic heterocycles. The van der Waals surface area contributed by atoms with Gasteiger partial charge >= 0.3 is 0 Å². The number of amides is 2. The van der Waals surface area contributed by atoms with E-state index >= 15 is 0 Å². The Morgan fingerprint density at radius 2 is 1.65 bits per heavy atom. The van der Waals surface area contributed by atoms with E-state index in [1.807, 2.05) is 6.92 Å². The lowest BCUT2D eigenvalue weighted by Gasteiger charge is -2.36. The maximum Gasteiger partial charge on any atom is 0.253 e. The van der Waals surface area contributed by atoms with E-state index < -0.39 is 6.04 Å². The van der Waals surface area contributed by atoms with Gasteiger partial charge in [0.2, 0.25) is 5.91 Å². The molecule has 0 bridgehead atoms. The maximum atomic E-state index is 12.3. The highest BCUT2D eigenvalue weighted by atomic mass is 35.5. The molecule has 1 aromatic rings. The summed E-state index contributed by atoms with van der Waals surface area (Å²) in [5.41, 5.74) is 6.40. The van der Waals surface area contributed by atoms with E-state index in [-0.39, 0.29) is 30.0 Å². The van der Waals surface area contributed by atoms with Crippen molar-refractivity contribution in [2.45, 2.75) is 25.8 Å². The Balaban J connectivity index is 0.00000264. The van der Waals surface area contributed by atoms with Crippen molar-refractivity contribution in [2.75, 3.05) is 26.2 Å². The summed E-state index contributed by atoms with van der Waals surface area (Å²) in [5, 5.41) is 9.26. The topological polar surface area (TPSA) is 86.9 Å². The molecule has 0 aliphatic carbocycles. The average molecular weight is 342 g/mol. The molecule has 128 valence electrons. The summed E-state index contributed by atoms with van der Waals surface area (Å²) in [6.07, 6.45) is 1.57. The standard InChI is InChI=1S/C16H23N3O3.ClH/c1-2-3-14(17)16(22)19-10-8-18(9-11-19)15(21)12-4-6-13(20)7-5-12;/h4-7,14,20H,2-3,8-11,17H2,1H3;1H. The predicted molar refractivity (Wildman–Crippen MR) is 90.7 cm³/mol. The van der Waals surface area contributed by atoms with Gasteiger partial charge in [0.05, 0.1) is 6.04 Å². The van der Waals surface area contributed by atoms with Crippen LogP contribution in [0.1, 0.15) is 30.1 Å². The van der Waals surface area contributed by atoms with Crippen LogP contribution in [0.4, 0.5) is 0 Å². The first-order valence-corrected chi connectivity index (χ1v) is 7.65. The van der Waals surface area contributed by atoms with Gasteiger partial charge in [0, 0.05) is 31.7 Å². The van der Waals surface area contributed by atoms with Crippen molar-refractivity contribution in [2.24, 2.45) is 5.73 Å². The highest BCUT2D eigenvalue weighted by Gasteiger charge is 2.27. The number of nitrogens with zero attached hydrogens (tertiary/aromatic N) is 2. The van der Waals surface area contributed by atoms with Crippen LogP contribution in [0.25, 0.3) is 0 Å². The quantitative estimate of drug-likeness (QED) is 0.862. The minimum Gasteiger partial charge on any atom is -0.508 e. The SMILES string of the molecule is CCCC(N)C(=O)N1CCN(C(=O)c2ccc(O)cc2)CC1.Cl. The fraction of sp³-hybridized carbons (Fsp3) is 0.500. The van der Waals surface area contributed by atoms with Crippen LogP contribution in [0.15, 0.2) is 24.3 Å². The van der Waals surface area contributed by atoms with E-state index in [1.165, 1.54) is 12.1 Å². The maximum absolute atomic E-state index is 12.3. The summed E-state index contributed by atoms with van der Waals surface area (Å²) in [4.78, 5) is 27.9. The number of nitrogens with two attached hydrogens (primary N) is 1. The zero-order valence-electron chi connectivity index (χ0n) is 13.3. The molecule has 1 saturated heterocycles. The molecule has 1 fully saturated rings. The summed E-state index contributed by atoms with van der Waals surface area (Å²) in [5.74, 6) is 0.0282. The number of hydrogen-bond donors (Lipinski definition) is 2. The Morgan fingerprint density at radius 3 is 2.17 bits per heavy atom. The third kappa shape index (κ3) is 4.84. The highest BCUT2D eigenvalue weighted by Crippen LogP contribution is 2.14. The molecule has 1 atom stereocenters.